The highest BCUT2D eigenvalue weighted by Crippen LogP contribution is 2.44. The van der Waals surface area contributed by atoms with E-state index in [-0.39, 0.29) is 11.8 Å². The van der Waals surface area contributed by atoms with E-state index in [1.807, 2.05) is 10.3 Å². The molecule has 0 unspecified atom stereocenters. The molecule has 0 aromatic carbocycles. The van der Waals surface area contributed by atoms with Gasteiger partial charge < -0.3 is 10.0 Å². The Morgan fingerprint density at radius 1 is 1.55 bits per heavy atom. The van der Waals surface area contributed by atoms with Gasteiger partial charge in [-0.2, -0.15) is 11.3 Å². The molecule has 20 heavy (non-hydrogen) atoms. The average molecular weight is 293 g/mol. The molecule has 4 heteroatoms. The Labute approximate surface area is 124 Å². The van der Waals surface area contributed by atoms with Crippen LogP contribution in [0.1, 0.15) is 38.2 Å². The van der Waals surface area contributed by atoms with E-state index < -0.39 is 5.60 Å². The standard InChI is InChI=1S/C16H23NO2S/c1-12-9-17(11-16(12,19)14-3-2-4-14)15(18)6-5-13-7-8-20-10-13/h7-8,10,12,14,19H,2-6,9,11H2,1H3/t12-,16+/m1/s1. The van der Waals surface area contributed by atoms with E-state index in [1.165, 1.54) is 12.0 Å². The van der Waals surface area contributed by atoms with Gasteiger partial charge in [0.25, 0.3) is 0 Å². The summed E-state index contributed by atoms with van der Waals surface area (Å²) in [5, 5.41) is 15.0. The lowest BCUT2D eigenvalue weighted by Crippen LogP contribution is -2.48. The van der Waals surface area contributed by atoms with Crippen LogP contribution in [0.2, 0.25) is 0 Å². The number of β-amino-alcohol motifs (C(OH)–C–C–N with tert-alkyl or cyclic N) is 1. The van der Waals surface area contributed by atoms with Gasteiger partial charge in [0.15, 0.2) is 0 Å². The molecule has 1 saturated heterocycles. The minimum atomic E-state index is -0.629. The van der Waals surface area contributed by atoms with E-state index in [0.717, 1.165) is 25.8 Å². The fourth-order valence-corrected chi connectivity index (χ4v) is 4.19. The normalized spacial score (nSPS) is 30.5. The van der Waals surface area contributed by atoms with Gasteiger partial charge in [0.1, 0.15) is 0 Å². The molecule has 0 radical (unpaired) electrons. The van der Waals surface area contributed by atoms with Gasteiger partial charge in [-0.25, -0.2) is 0 Å². The molecule has 3 rings (SSSR count). The van der Waals surface area contributed by atoms with Crippen molar-refractivity contribution in [3.63, 3.8) is 0 Å². The molecule has 1 aromatic heterocycles. The number of likely N-dealkylation sites (tertiary alicyclic amines) is 1. The second-order valence-corrected chi connectivity index (χ2v) is 7.21. The van der Waals surface area contributed by atoms with Crippen LogP contribution in [0.25, 0.3) is 0 Å². The maximum atomic E-state index is 12.3. The molecule has 2 aliphatic rings. The highest BCUT2D eigenvalue weighted by Gasteiger charge is 2.50. The lowest BCUT2D eigenvalue weighted by atomic mass is 9.69. The smallest absolute Gasteiger partial charge is 0.223 e. The van der Waals surface area contributed by atoms with Gasteiger partial charge in [0.05, 0.1) is 5.60 Å². The van der Waals surface area contributed by atoms with Crippen LogP contribution in [0.15, 0.2) is 16.8 Å². The van der Waals surface area contributed by atoms with Crippen molar-refractivity contribution in [1.29, 1.82) is 0 Å². The first-order valence-corrected chi connectivity index (χ1v) is 8.55. The zero-order chi connectivity index (χ0) is 14.2. The second-order valence-electron chi connectivity index (χ2n) is 6.43. The molecule has 1 aromatic rings. The van der Waals surface area contributed by atoms with E-state index in [9.17, 15) is 9.90 Å². The number of hydrogen-bond acceptors (Lipinski definition) is 3. The van der Waals surface area contributed by atoms with E-state index in [0.29, 0.717) is 18.9 Å². The van der Waals surface area contributed by atoms with Gasteiger partial charge in [-0.15, -0.1) is 0 Å². The quantitative estimate of drug-likeness (QED) is 0.927. The Morgan fingerprint density at radius 3 is 2.95 bits per heavy atom. The van der Waals surface area contributed by atoms with E-state index >= 15 is 0 Å². The summed E-state index contributed by atoms with van der Waals surface area (Å²) in [5.74, 6) is 0.809. The maximum Gasteiger partial charge on any atom is 0.223 e. The Kier molecular flexibility index (Phi) is 3.87. The van der Waals surface area contributed by atoms with Crippen LogP contribution in [0, 0.1) is 11.8 Å². The molecular weight excluding hydrogens is 270 g/mol. The van der Waals surface area contributed by atoms with Crippen LogP contribution < -0.4 is 0 Å². The van der Waals surface area contributed by atoms with Gasteiger partial charge in [0, 0.05) is 25.4 Å². The molecule has 1 aliphatic carbocycles. The molecule has 1 N–H and O–H groups in total. The Bertz CT molecular complexity index is 469. The van der Waals surface area contributed by atoms with Gasteiger partial charge in [-0.1, -0.05) is 13.3 Å². The summed E-state index contributed by atoms with van der Waals surface area (Å²) in [5.41, 5.74) is 0.612. The second kappa shape index (κ2) is 5.49. The number of thiophene rings is 1. The van der Waals surface area contributed by atoms with E-state index in [2.05, 4.69) is 18.4 Å². The maximum absolute atomic E-state index is 12.3. The van der Waals surface area contributed by atoms with Crippen molar-refractivity contribution in [2.45, 2.75) is 44.6 Å². The summed E-state index contributed by atoms with van der Waals surface area (Å²) in [6, 6.07) is 2.08. The van der Waals surface area contributed by atoms with Crippen LogP contribution in [-0.4, -0.2) is 34.6 Å². The third-order valence-electron chi connectivity index (χ3n) is 5.16. The van der Waals surface area contributed by atoms with Gasteiger partial charge in [-0.05, 0) is 47.6 Å². The topological polar surface area (TPSA) is 40.5 Å². The Hall–Kier alpha value is -0.870. The summed E-state index contributed by atoms with van der Waals surface area (Å²) in [6.07, 6.45) is 4.85. The lowest BCUT2D eigenvalue weighted by molar-refractivity contribution is -0.132. The highest BCUT2D eigenvalue weighted by molar-refractivity contribution is 7.07. The molecule has 1 saturated carbocycles. The van der Waals surface area contributed by atoms with E-state index in [1.54, 1.807) is 11.3 Å². The highest BCUT2D eigenvalue weighted by atomic mass is 32.1. The van der Waals surface area contributed by atoms with Crippen molar-refractivity contribution in [1.82, 2.24) is 4.90 Å². The third-order valence-corrected chi connectivity index (χ3v) is 5.90. The van der Waals surface area contributed by atoms with Crippen molar-refractivity contribution in [3.8, 4) is 0 Å². The fraction of sp³-hybridized carbons (Fsp3) is 0.688. The van der Waals surface area contributed by atoms with Crippen LogP contribution in [0.3, 0.4) is 0 Å². The molecule has 2 atom stereocenters. The number of aryl methyl sites for hydroxylation is 1. The number of carbonyl (C=O) groups excluding carboxylic acids is 1. The lowest BCUT2D eigenvalue weighted by Gasteiger charge is -2.41. The van der Waals surface area contributed by atoms with E-state index in [4.69, 9.17) is 0 Å². The molecule has 110 valence electrons. The molecule has 1 amide bonds. The number of rotatable bonds is 4. The largest absolute Gasteiger partial charge is 0.387 e. The van der Waals surface area contributed by atoms with Crippen LogP contribution in [-0.2, 0) is 11.2 Å². The van der Waals surface area contributed by atoms with Gasteiger partial charge in [0.2, 0.25) is 5.91 Å². The number of hydrogen-bond donors (Lipinski definition) is 1. The molecule has 0 spiro atoms. The minimum absolute atomic E-state index is 0.193. The number of carbonyl (C=O) groups is 1. The first kappa shape index (κ1) is 14.1. The van der Waals surface area contributed by atoms with Gasteiger partial charge in [-0.3, -0.25) is 4.79 Å². The summed E-state index contributed by atoms with van der Waals surface area (Å²) in [6.45, 7) is 3.35. The predicted octanol–water partition coefficient (Wildman–Crippen LogP) is 2.69. The van der Waals surface area contributed by atoms with Crippen molar-refractivity contribution in [3.05, 3.63) is 22.4 Å². The summed E-state index contributed by atoms with van der Waals surface area (Å²) in [7, 11) is 0. The fourth-order valence-electron chi connectivity index (χ4n) is 3.49. The van der Waals surface area contributed by atoms with Crippen molar-refractivity contribution < 1.29 is 9.90 Å². The zero-order valence-corrected chi connectivity index (χ0v) is 12.9. The number of aliphatic hydroxyl groups is 1. The molecule has 3 nitrogen and oxygen atoms in total. The Morgan fingerprint density at radius 2 is 2.35 bits per heavy atom. The summed E-state index contributed by atoms with van der Waals surface area (Å²) >= 11 is 1.67. The number of amides is 1. The molecule has 0 bridgehead atoms. The number of nitrogens with zero attached hydrogens (tertiary/aromatic N) is 1. The van der Waals surface area contributed by atoms with Crippen molar-refractivity contribution >= 4 is 17.2 Å². The van der Waals surface area contributed by atoms with Crippen LogP contribution >= 0.6 is 11.3 Å². The minimum Gasteiger partial charge on any atom is -0.387 e. The molecule has 1 aliphatic heterocycles. The zero-order valence-electron chi connectivity index (χ0n) is 12.0. The predicted molar refractivity (Wildman–Crippen MR) is 80.7 cm³/mol. The summed E-state index contributed by atoms with van der Waals surface area (Å²) < 4.78 is 0. The van der Waals surface area contributed by atoms with Crippen molar-refractivity contribution in [2.24, 2.45) is 11.8 Å². The Balaban J connectivity index is 1.56. The average Bonchev–Trinajstić information content (AvgIpc) is 2.94. The van der Waals surface area contributed by atoms with Crippen LogP contribution in [0.4, 0.5) is 0 Å². The monoisotopic (exact) mass is 293 g/mol. The first-order chi connectivity index (χ1) is 9.59. The first-order valence-electron chi connectivity index (χ1n) is 7.61. The SMILES string of the molecule is C[C@@H]1CN(C(=O)CCc2ccsc2)C[C@@]1(O)C1CCC1. The molecule has 2 heterocycles. The molecular formula is C16H23NO2S. The van der Waals surface area contributed by atoms with Gasteiger partial charge >= 0.3 is 0 Å². The van der Waals surface area contributed by atoms with Crippen LogP contribution in [0.5, 0.6) is 0 Å². The third kappa shape index (κ3) is 2.51. The van der Waals surface area contributed by atoms with Crippen molar-refractivity contribution in [2.75, 3.05) is 13.1 Å². The molecule has 2 fully saturated rings. The summed E-state index contributed by atoms with van der Waals surface area (Å²) in [4.78, 5) is 14.2.